The van der Waals surface area contributed by atoms with Gasteiger partial charge in [-0.1, -0.05) is 48.5 Å². The molecule has 0 spiro atoms. The van der Waals surface area contributed by atoms with Gasteiger partial charge in [-0.3, -0.25) is 4.79 Å². The van der Waals surface area contributed by atoms with Crippen LogP contribution in [-0.2, 0) is 9.53 Å². The molecule has 180 valence electrons. The molecule has 0 aliphatic heterocycles. The van der Waals surface area contributed by atoms with Crippen LogP contribution in [0.3, 0.4) is 0 Å². The molecule has 3 N–H and O–H groups in total. The number of carbonyl (C=O) groups is 3. The van der Waals surface area contributed by atoms with Crippen molar-refractivity contribution in [3.8, 4) is 11.1 Å². The summed E-state index contributed by atoms with van der Waals surface area (Å²) < 4.78 is 5.58. The van der Waals surface area contributed by atoms with Gasteiger partial charge < -0.3 is 20.5 Å². The summed E-state index contributed by atoms with van der Waals surface area (Å²) in [6.45, 7) is 1.96. The molecule has 1 saturated carbocycles. The standard InChI is InChI=1S/C26H25N3O5S/c1-14(24-28-21(13-35-24)23(30)29-22(25(31)32)15-10-11-15)27-26(33)34-12-20-18-8-4-2-6-16(18)17-7-3-5-9-19(17)20/h2-9,13-15,20,22H,10-12H2,1H3,(H,27,33)(H,29,30)(H,31,32). The maximum absolute atomic E-state index is 12.5. The van der Waals surface area contributed by atoms with E-state index in [1.807, 2.05) is 24.3 Å². The number of carboxylic acids is 1. The summed E-state index contributed by atoms with van der Waals surface area (Å²) >= 11 is 1.22. The minimum atomic E-state index is -1.04. The summed E-state index contributed by atoms with van der Waals surface area (Å²) in [6.07, 6.45) is 1.02. The van der Waals surface area contributed by atoms with Gasteiger partial charge in [0.1, 0.15) is 23.4 Å². The van der Waals surface area contributed by atoms with Gasteiger partial charge in [-0.15, -0.1) is 11.3 Å². The minimum Gasteiger partial charge on any atom is -0.480 e. The van der Waals surface area contributed by atoms with Crippen LogP contribution in [0.4, 0.5) is 4.79 Å². The zero-order chi connectivity index (χ0) is 24.5. The highest BCUT2D eigenvalue weighted by Gasteiger charge is 2.37. The number of thiazole rings is 1. The quantitative estimate of drug-likeness (QED) is 0.432. The number of aromatic nitrogens is 1. The van der Waals surface area contributed by atoms with Gasteiger partial charge in [0.25, 0.3) is 5.91 Å². The second-order valence-corrected chi connectivity index (χ2v) is 9.78. The lowest BCUT2D eigenvalue weighted by Crippen LogP contribution is -2.42. The maximum atomic E-state index is 12.5. The molecule has 2 amide bonds. The fourth-order valence-electron chi connectivity index (χ4n) is 4.50. The van der Waals surface area contributed by atoms with Crippen LogP contribution < -0.4 is 10.6 Å². The molecule has 1 aromatic heterocycles. The molecule has 2 aliphatic rings. The normalized spacial score (nSPS) is 16.0. The second kappa shape index (κ2) is 9.50. The third-order valence-corrected chi connectivity index (χ3v) is 7.48. The number of alkyl carbamates (subject to hydrolysis) is 1. The number of aliphatic carboxylic acids is 1. The fourth-order valence-corrected chi connectivity index (χ4v) is 5.30. The summed E-state index contributed by atoms with van der Waals surface area (Å²) in [4.78, 5) is 40.7. The van der Waals surface area contributed by atoms with E-state index in [9.17, 15) is 19.5 Å². The Bertz CT molecular complexity index is 1240. The Balaban J connectivity index is 1.18. The summed E-state index contributed by atoms with van der Waals surface area (Å²) in [5.74, 6) is -1.63. The van der Waals surface area contributed by atoms with Gasteiger partial charge in [-0.25, -0.2) is 14.6 Å². The third kappa shape index (κ3) is 4.77. The number of hydrogen-bond donors (Lipinski definition) is 3. The molecular formula is C26H25N3O5S. The van der Waals surface area contributed by atoms with E-state index in [-0.39, 0.29) is 24.1 Å². The van der Waals surface area contributed by atoms with Crippen molar-refractivity contribution in [1.29, 1.82) is 0 Å². The van der Waals surface area contributed by atoms with Gasteiger partial charge >= 0.3 is 12.1 Å². The highest BCUT2D eigenvalue weighted by Crippen LogP contribution is 2.44. The van der Waals surface area contributed by atoms with Crippen molar-refractivity contribution in [1.82, 2.24) is 15.6 Å². The molecule has 8 nitrogen and oxygen atoms in total. The number of carboxylic acid groups (broad SMARTS) is 1. The first-order valence-electron chi connectivity index (χ1n) is 11.5. The summed E-state index contributed by atoms with van der Waals surface area (Å²) in [6, 6.07) is 14.9. The maximum Gasteiger partial charge on any atom is 0.407 e. The monoisotopic (exact) mass is 491 g/mol. The zero-order valence-corrected chi connectivity index (χ0v) is 19.9. The number of benzene rings is 2. The Morgan fingerprint density at radius 1 is 1.06 bits per heavy atom. The highest BCUT2D eigenvalue weighted by atomic mass is 32.1. The van der Waals surface area contributed by atoms with Crippen molar-refractivity contribution in [3.63, 3.8) is 0 Å². The average Bonchev–Trinajstić information content (AvgIpc) is 3.46. The predicted molar refractivity (Wildman–Crippen MR) is 130 cm³/mol. The molecule has 9 heteroatoms. The van der Waals surface area contributed by atoms with Gasteiger partial charge in [0.15, 0.2) is 0 Å². The van der Waals surface area contributed by atoms with E-state index in [0.717, 1.165) is 35.1 Å². The number of carbonyl (C=O) groups excluding carboxylic acids is 2. The van der Waals surface area contributed by atoms with E-state index >= 15 is 0 Å². The number of hydrogen-bond acceptors (Lipinski definition) is 6. The highest BCUT2D eigenvalue weighted by molar-refractivity contribution is 7.09. The van der Waals surface area contributed by atoms with Gasteiger partial charge in [-0.05, 0) is 47.9 Å². The number of fused-ring (bicyclic) bond motifs is 3. The second-order valence-electron chi connectivity index (χ2n) is 8.89. The Kier molecular flexibility index (Phi) is 6.25. The van der Waals surface area contributed by atoms with Gasteiger partial charge in [0.05, 0.1) is 6.04 Å². The van der Waals surface area contributed by atoms with E-state index < -0.39 is 30.1 Å². The molecule has 2 aliphatic carbocycles. The van der Waals surface area contributed by atoms with Crippen LogP contribution in [0.15, 0.2) is 53.9 Å². The van der Waals surface area contributed by atoms with Crippen LogP contribution in [0.1, 0.15) is 58.3 Å². The van der Waals surface area contributed by atoms with Crippen molar-refractivity contribution in [2.45, 2.75) is 37.8 Å². The Labute approximate surface area is 206 Å². The Morgan fingerprint density at radius 2 is 1.69 bits per heavy atom. The molecule has 35 heavy (non-hydrogen) atoms. The lowest BCUT2D eigenvalue weighted by atomic mass is 9.98. The summed E-state index contributed by atoms with van der Waals surface area (Å²) in [5.41, 5.74) is 4.72. The van der Waals surface area contributed by atoms with E-state index in [0.29, 0.717) is 5.01 Å². The van der Waals surface area contributed by atoms with Crippen molar-refractivity contribution >= 4 is 29.3 Å². The van der Waals surface area contributed by atoms with Gasteiger partial charge in [0.2, 0.25) is 0 Å². The smallest absolute Gasteiger partial charge is 0.407 e. The predicted octanol–water partition coefficient (Wildman–Crippen LogP) is 4.34. The van der Waals surface area contributed by atoms with Crippen LogP contribution in [0.2, 0.25) is 0 Å². The van der Waals surface area contributed by atoms with Crippen molar-refractivity contribution in [2.24, 2.45) is 5.92 Å². The van der Waals surface area contributed by atoms with Gasteiger partial charge in [0, 0.05) is 11.3 Å². The molecule has 1 heterocycles. The topological polar surface area (TPSA) is 118 Å². The molecule has 2 atom stereocenters. The third-order valence-electron chi connectivity index (χ3n) is 6.45. The lowest BCUT2D eigenvalue weighted by Gasteiger charge is -2.16. The first-order valence-corrected chi connectivity index (χ1v) is 12.4. The van der Waals surface area contributed by atoms with Crippen LogP contribution >= 0.6 is 11.3 Å². The van der Waals surface area contributed by atoms with E-state index in [2.05, 4.69) is 39.9 Å². The molecule has 5 rings (SSSR count). The number of amides is 2. The lowest BCUT2D eigenvalue weighted by molar-refractivity contribution is -0.139. The zero-order valence-electron chi connectivity index (χ0n) is 19.1. The van der Waals surface area contributed by atoms with Crippen LogP contribution in [0, 0.1) is 5.92 Å². The van der Waals surface area contributed by atoms with Crippen molar-refractivity contribution < 1.29 is 24.2 Å². The van der Waals surface area contributed by atoms with Crippen LogP contribution in [0.5, 0.6) is 0 Å². The van der Waals surface area contributed by atoms with Crippen LogP contribution in [-0.4, -0.2) is 40.7 Å². The molecule has 3 aromatic rings. The van der Waals surface area contributed by atoms with Crippen LogP contribution in [0.25, 0.3) is 11.1 Å². The fraction of sp³-hybridized carbons (Fsp3) is 0.308. The van der Waals surface area contributed by atoms with Crippen molar-refractivity contribution in [3.05, 3.63) is 75.7 Å². The number of nitrogens with one attached hydrogen (secondary N) is 2. The minimum absolute atomic E-state index is 0.0243. The summed E-state index contributed by atoms with van der Waals surface area (Å²) in [7, 11) is 0. The first-order chi connectivity index (χ1) is 16.9. The molecule has 2 unspecified atom stereocenters. The Morgan fingerprint density at radius 3 is 2.29 bits per heavy atom. The van der Waals surface area contributed by atoms with Gasteiger partial charge in [-0.2, -0.15) is 0 Å². The Hall–Kier alpha value is -3.72. The average molecular weight is 492 g/mol. The van der Waals surface area contributed by atoms with Crippen molar-refractivity contribution in [2.75, 3.05) is 6.61 Å². The molecular weight excluding hydrogens is 466 g/mol. The molecule has 0 saturated heterocycles. The van der Waals surface area contributed by atoms with E-state index in [1.165, 1.54) is 11.3 Å². The first kappa shape index (κ1) is 23.0. The molecule has 1 fully saturated rings. The number of rotatable bonds is 8. The van der Waals surface area contributed by atoms with E-state index in [1.54, 1.807) is 12.3 Å². The number of nitrogens with zero attached hydrogens (tertiary/aromatic N) is 1. The SMILES string of the molecule is CC(NC(=O)OCC1c2ccccc2-c2ccccc21)c1nc(C(=O)NC(C(=O)O)C2CC2)cs1. The largest absolute Gasteiger partial charge is 0.480 e. The molecule has 0 bridgehead atoms. The number of ether oxygens (including phenoxy) is 1. The molecule has 2 aromatic carbocycles. The molecule has 0 radical (unpaired) electrons. The summed E-state index contributed by atoms with van der Waals surface area (Å²) in [5, 5.41) is 16.7. The van der Waals surface area contributed by atoms with E-state index in [4.69, 9.17) is 4.74 Å².